The van der Waals surface area contributed by atoms with E-state index in [1.807, 2.05) is 6.07 Å². The number of amides is 1. The molecule has 1 heterocycles. The zero-order valence-corrected chi connectivity index (χ0v) is 10.3. The van der Waals surface area contributed by atoms with E-state index < -0.39 is 0 Å². The second kappa shape index (κ2) is 7.25. The maximum atomic E-state index is 12.2. The second-order valence-electron chi connectivity index (χ2n) is 3.66. The molecule has 0 spiro atoms. The molecular formula is C12H16N4O2. The summed E-state index contributed by atoms with van der Waals surface area (Å²) in [5, 5.41) is 8.59. The Morgan fingerprint density at radius 1 is 1.61 bits per heavy atom. The Kier molecular flexibility index (Phi) is 5.61. The molecule has 18 heavy (non-hydrogen) atoms. The Bertz CT molecular complexity index is 442. The number of methoxy groups -OCH3 is 1. The van der Waals surface area contributed by atoms with Crippen molar-refractivity contribution in [2.45, 2.75) is 6.42 Å². The van der Waals surface area contributed by atoms with Gasteiger partial charge in [0, 0.05) is 38.3 Å². The van der Waals surface area contributed by atoms with Crippen molar-refractivity contribution in [3.8, 4) is 6.07 Å². The summed E-state index contributed by atoms with van der Waals surface area (Å²) in [6.45, 7) is 1.19. The summed E-state index contributed by atoms with van der Waals surface area (Å²) in [4.78, 5) is 17.6. The molecule has 0 saturated carbocycles. The van der Waals surface area contributed by atoms with Gasteiger partial charge in [0.25, 0.3) is 5.91 Å². The minimum atomic E-state index is -0.229. The number of carbonyl (C=O) groups excluding carboxylic acids is 1. The number of pyridine rings is 1. The van der Waals surface area contributed by atoms with Gasteiger partial charge in [-0.15, -0.1) is 0 Å². The zero-order valence-electron chi connectivity index (χ0n) is 10.3. The fraction of sp³-hybridized carbons (Fsp3) is 0.417. The van der Waals surface area contributed by atoms with Crippen molar-refractivity contribution >= 4 is 11.6 Å². The third-order valence-corrected chi connectivity index (χ3v) is 2.43. The highest BCUT2D eigenvalue weighted by Gasteiger charge is 2.17. The number of nitrogens with two attached hydrogens (primary N) is 1. The molecule has 0 radical (unpaired) electrons. The number of anilines is 1. The van der Waals surface area contributed by atoms with Crippen LogP contribution in [0.4, 0.5) is 5.69 Å². The Morgan fingerprint density at radius 2 is 2.39 bits per heavy atom. The van der Waals surface area contributed by atoms with E-state index in [-0.39, 0.29) is 12.3 Å². The van der Waals surface area contributed by atoms with Gasteiger partial charge in [-0.2, -0.15) is 5.26 Å². The van der Waals surface area contributed by atoms with Gasteiger partial charge < -0.3 is 15.4 Å². The van der Waals surface area contributed by atoms with Crippen LogP contribution < -0.4 is 5.73 Å². The van der Waals surface area contributed by atoms with E-state index in [9.17, 15) is 4.79 Å². The monoisotopic (exact) mass is 248 g/mol. The average Bonchev–Trinajstić information content (AvgIpc) is 2.39. The van der Waals surface area contributed by atoms with E-state index in [4.69, 9.17) is 15.7 Å². The number of hydrogen-bond acceptors (Lipinski definition) is 5. The zero-order chi connectivity index (χ0) is 13.4. The number of nitriles is 1. The first-order valence-electron chi connectivity index (χ1n) is 5.55. The predicted molar refractivity (Wildman–Crippen MR) is 66.7 cm³/mol. The highest BCUT2D eigenvalue weighted by atomic mass is 16.5. The molecule has 0 saturated heterocycles. The number of hydrogen-bond donors (Lipinski definition) is 1. The molecule has 0 unspecified atom stereocenters. The molecule has 1 aromatic rings. The van der Waals surface area contributed by atoms with Crippen molar-refractivity contribution in [3.05, 3.63) is 24.0 Å². The van der Waals surface area contributed by atoms with E-state index >= 15 is 0 Å². The van der Waals surface area contributed by atoms with Gasteiger partial charge in [0.15, 0.2) is 0 Å². The lowest BCUT2D eigenvalue weighted by atomic mass is 10.2. The minimum Gasteiger partial charge on any atom is -0.398 e. The van der Waals surface area contributed by atoms with Crippen LogP contribution in [0, 0.1) is 11.3 Å². The maximum absolute atomic E-state index is 12.2. The van der Waals surface area contributed by atoms with Crippen LogP contribution in [0.5, 0.6) is 0 Å². The maximum Gasteiger partial charge on any atom is 0.257 e. The van der Waals surface area contributed by atoms with Crippen LogP contribution in [0.15, 0.2) is 18.5 Å². The number of rotatable bonds is 6. The van der Waals surface area contributed by atoms with Crippen LogP contribution in [0.1, 0.15) is 16.8 Å². The van der Waals surface area contributed by atoms with Crippen LogP contribution in [0.2, 0.25) is 0 Å². The van der Waals surface area contributed by atoms with Crippen LogP contribution >= 0.6 is 0 Å². The summed E-state index contributed by atoms with van der Waals surface area (Å²) in [5.74, 6) is -0.229. The standard InChI is InChI=1S/C12H16N4O2/c1-18-8-7-16(6-2-4-13)12(17)10-9-15-5-3-11(10)14/h3,5,9H,2,6-8H2,1H3,(H2,14,15). The van der Waals surface area contributed by atoms with Crippen molar-refractivity contribution < 1.29 is 9.53 Å². The van der Waals surface area contributed by atoms with Gasteiger partial charge in [-0.1, -0.05) is 0 Å². The fourth-order valence-corrected chi connectivity index (χ4v) is 1.46. The molecule has 0 fully saturated rings. The number of ether oxygens (including phenoxy) is 1. The molecule has 0 aromatic carbocycles. The number of carbonyl (C=O) groups is 1. The highest BCUT2D eigenvalue weighted by Crippen LogP contribution is 2.12. The van der Waals surface area contributed by atoms with E-state index in [0.29, 0.717) is 30.9 Å². The van der Waals surface area contributed by atoms with E-state index in [1.54, 1.807) is 18.1 Å². The Hall–Kier alpha value is -2.13. The highest BCUT2D eigenvalue weighted by molar-refractivity contribution is 5.98. The first-order valence-corrected chi connectivity index (χ1v) is 5.55. The fourth-order valence-electron chi connectivity index (χ4n) is 1.46. The molecule has 6 nitrogen and oxygen atoms in total. The lowest BCUT2D eigenvalue weighted by Crippen LogP contribution is -2.35. The van der Waals surface area contributed by atoms with Crippen molar-refractivity contribution in [2.75, 3.05) is 32.5 Å². The van der Waals surface area contributed by atoms with Crippen molar-refractivity contribution in [3.63, 3.8) is 0 Å². The number of nitrogen functional groups attached to an aromatic ring is 1. The molecule has 6 heteroatoms. The van der Waals surface area contributed by atoms with Crippen LogP contribution in [-0.2, 0) is 4.74 Å². The summed E-state index contributed by atoms with van der Waals surface area (Å²) in [7, 11) is 1.56. The molecule has 0 aliphatic heterocycles. The van der Waals surface area contributed by atoms with Crippen molar-refractivity contribution in [1.29, 1.82) is 5.26 Å². The Balaban J connectivity index is 2.81. The lowest BCUT2D eigenvalue weighted by Gasteiger charge is -2.21. The van der Waals surface area contributed by atoms with E-state index in [0.717, 1.165) is 0 Å². The molecule has 0 aliphatic rings. The van der Waals surface area contributed by atoms with Gasteiger partial charge in [0.05, 0.1) is 24.7 Å². The Morgan fingerprint density at radius 3 is 3.00 bits per heavy atom. The van der Waals surface area contributed by atoms with Gasteiger partial charge >= 0.3 is 0 Å². The first kappa shape index (κ1) is 13.9. The minimum absolute atomic E-state index is 0.229. The van der Waals surface area contributed by atoms with Gasteiger partial charge in [-0.25, -0.2) is 0 Å². The molecule has 0 aliphatic carbocycles. The number of aromatic nitrogens is 1. The third-order valence-electron chi connectivity index (χ3n) is 2.43. The number of nitrogens with zero attached hydrogens (tertiary/aromatic N) is 3. The summed E-state index contributed by atoms with van der Waals surface area (Å²) >= 11 is 0. The largest absolute Gasteiger partial charge is 0.398 e. The van der Waals surface area contributed by atoms with Gasteiger partial charge in [0.2, 0.25) is 0 Å². The average molecular weight is 248 g/mol. The summed E-state index contributed by atoms with van der Waals surface area (Å²) in [6, 6.07) is 3.59. The summed E-state index contributed by atoms with van der Waals surface area (Å²) < 4.78 is 4.94. The SMILES string of the molecule is COCCN(CCC#N)C(=O)c1cnccc1N. The Labute approximate surface area is 106 Å². The van der Waals surface area contributed by atoms with Crippen LogP contribution in [0.3, 0.4) is 0 Å². The smallest absolute Gasteiger partial charge is 0.257 e. The molecule has 2 N–H and O–H groups in total. The van der Waals surface area contributed by atoms with Gasteiger partial charge in [-0.05, 0) is 6.07 Å². The molecule has 96 valence electrons. The molecule has 0 bridgehead atoms. The summed E-state index contributed by atoms with van der Waals surface area (Å²) in [5.41, 5.74) is 6.47. The molecule has 1 rings (SSSR count). The predicted octanol–water partition coefficient (Wildman–Crippen LogP) is 0.666. The second-order valence-corrected chi connectivity index (χ2v) is 3.66. The van der Waals surface area contributed by atoms with Crippen LogP contribution in [0.25, 0.3) is 0 Å². The van der Waals surface area contributed by atoms with Crippen LogP contribution in [-0.4, -0.2) is 42.6 Å². The van der Waals surface area contributed by atoms with Gasteiger partial charge in [0.1, 0.15) is 0 Å². The lowest BCUT2D eigenvalue weighted by molar-refractivity contribution is 0.0700. The molecule has 1 aromatic heterocycles. The molecule has 1 amide bonds. The van der Waals surface area contributed by atoms with Gasteiger partial charge in [-0.3, -0.25) is 9.78 Å². The van der Waals surface area contributed by atoms with E-state index in [1.165, 1.54) is 12.4 Å². The third kappa shape index (κ3) is 3.71. The molecule has 0 atom stereocenters. The topological polar surface area (TPSA) is 92.2 Å². The first-order chi connectivity index (χ1) is 8.70. The molecular weight excluding hydrogens is 232 g/mol. The van der Waals surface area contributed by atoms with Crippen molar-refractivity contribution in [2.24, 2.45) is 0 Å². The van der Waals surface area contributed by atoms with Crippen molar-refractivity contribution in [1.82, 2.24) is 9.88 Å². The quantitative estimate of drug-likeness (QED) is 0.798. The normalized spacial score (nSPS) is 9.78. The van der Waals surface area contributed by atoms with E-state index in [2.05, 4.69) is 4.98 Å². The summed E-state index contributed by atoms with van der Waals surface area (Å²) in [6.07, 6.45) is 3.24.